The van der Waals surface area contributed by atoms with E-state index in [1.807, 2.05) is 32.9 Å². The molecule has 0 unspecified atom stereocenters. The summed E-state index contributed by atoms with van der Waals surface area (Å²) in [6, 6.07) is 5.51. The SMILES string of the molecule is CON(C)S(=O)(=O)c1cc(C(C)(C)C)ccc1C. The molecule has 0 bridgehead atoms. The fourth-order valence-electron chi connectivity index (χ4n) is 1.58. The van der Waals surface area contributed by atoms with Crippen LogP contribution in [0.5, 0.6) is 0 Å². The monoisotopic (exact) mass is 271 g/mol. The van der Waals surface area contributed by atoms with Gasteiger partial charge in [0.25, 0.3) is 10.0 Å². The van der Waals surface area contributed by atoms with E-state index in [0.29, 0.717) is 10.5 Å². The fourth-order valence-corrected chi connectivity index (χ4v) is 2.81. The number of sulfonamides is 1. The van der Waals surface area contributed by atoms with Crippen molar-refractivity contribution in [2.75, 3.05) is 14.2 Å². The highest BCUT2D eigenvalue weighted by molar-refractivity contribution is 7.89. The Hall–Kier alpha value is -0.910. The van der Waals surface area contributed by atoms with Gasteiger partial charge in [0.05, 0.1) is 12.0 Å². The van der Waals surface area contributed by atoms with Crippen LogP contribution in [0.2, 0.25) is 0 Å². The van der Waals surface area contributed by atoms with E-state index in [-0.39, 0.29) is 5.41 Å². The predicted octanol–water partition coefficient (Wildman–Crippen LogP) is 2.47. The first-order chi connectivity index (χ1) is 8.10. The summed E-state index contributed by atoms with van der Waals surface area (Å²) in [4.78, 5) is 5.09. The number of nitrogens with zero attached hydrogens (tertiary/aromatic N) is 1. The van der Waals surface area contributed by atoms with Crippen LogP contribution in [0.4, 0.5) is 0 Å². The van der Waals surface area contributed by atoms with E-state index in [2.05, 4.69) is 0 Å². The number of aryl methyl sites for hydroxylation is 1. The molecule has 0 heterocycles. The summed E-state index contributed by atoms with van der Waals surface area (Å²) >= 11 is 0. The van der Waals surface area contributed by atoms with Gasteiger partial charge >= 0.3 is 0 Å². The number of hydrogen-bond acceptors (Lipinski definition) is 3. The van der Waals surface area contributed by atoms with E-state index in [1.165, 1.54) is 14.2 Å². The largest absolute Gasteiger partial charge is 0.288 e. The molecule has 1 rings (SSSR count). The Morgan fingerprint density at radius 3 is 2.22 bits per heavy atom. The van der Waals surface area contributed by atoms with Crippen LogP contribution in [0.15, 0.2) is 23.1 Å². The first kappa shape index (κ1) is 15.1. The third kappa shape index (κ3) is 2.91. The summed E-state index contributed by atoms with van der Waals surface area (Å²) in [5, 5.41) is 0. The lowest BCUT2D eigenvalue weighted by atomic mass is 9.87. The van der Waals surface area contributed by atoms with Crippen LogP contribution in [0.3, 0.4) is 0 Å². The van der Waals surface area contributed by atoms with Gasteiger partial charge in [-0.2, -0.15) is 0 Å². The molecule has 0 atom stereocenters. The van der Waals surface area contributed by atoms with Crippen molar-refractivity contribution in [3.05, 3.63) is 29.3 Å². The summed E-state index contributed by atoms with van der Waals surface area (Å²) in [5.74, 6) is 0. The molecule has 0 N–H and O–H groups in total. The Balaban J connectivity index is 3.42. The topological polar surface area (TPSA) is 46.6 Å². The van der Waals surface area contributed by atoms with Crippen molar-refractivity contribution in [1.82, 2.24) is 4.47 Å². The molecular weight excluding hydrogens is 250 g/mol. The predicted molar refractivity (Wildman–Crippen MR) is 71.8 cm³/mol. The average molecular weight is 271 g/mol. The van der Waals surface area contributed by atoms with Gasteiger partial charge < -0.3 is 0 Å². The van der Waals surface area contributed by atoms with Crippen LogP contribution in [-0.4, -0.2) is 27.0 Å². The molecule has 1 aromatic carbocycles. The maximum absolute atomic E-state index is 12.3. The minimum atomic E-state index is -3.59. The summed E-state index contributed by atoms with van der Waals surface area (Å²) in [7, 11) is -0.870. The minimum Gasteiger partial charge on any atom is -0.288 e. The van der Waals surface area contributed by atoms with Crippen molar-refractivity contribution >= 4 is 10.0 Å². The highest BCUT2D eigenvalue weighted by Gasteiger charge is 2.25. The highest BCUT2D eigenvalue weighted by Crippen LogP contribution is 2.27. The van der Waals surface area contributed by atoms with Crippen LogP contribution in [0.1, 0.15) is 31.9 Å². The second kappa shape index (κ2) is 4.99. The zero-order chi connectivity index (χ0) is 14.1. The van der Waals surface area contributed by atoms with Crippen molar-refractivity contribution in [1.29, 1.82) is 0 Å². The first-order valence-electron chi connectivity index (χ1n) is 5.75. The maximum atomic E-state index is 12.3. The molecule has 18 heavy (non-hydrogen) atoms. The van der Waals surface area contributed by atoms with Crippen LogP contribution in [0, 0.1) is 6.92 Å². The molecule has 0 spiro atoms. The molecule has 1 aromatic rings. The summed E-state index contributed by atoms with van der Waals surface area (Å²) < 4.78 is 25.4. The number of rotatable bonds is 3. The molecule has 0 amide bonds. The van der Waals surface area contributed by atoms with Crippen LogP contribution >= 0.6 is 0 Å². The molecular formula is C13H21NO3S. The quantitative estimate of drug-likeness (QED) is 0.793. The normalized spacial score (nSPS) is 13.1. The lowest BCUT2D eigenvalue weighted by molar-refractivity contribution is -0.0259. The standard InChI is InChI=1S/C13H21NO3S/c1-10-7-8-11(13(2,3)4)9-12(10)18(15,16)14(5)17-6/h7-9H,1-6H3. The van der Waals surface area contributed by atoms with E-state index in [1.54, 1.807) is 13.0 Å². The zero-order valence-electron chi connectivity index (χ0n) is 11.8. The van der Waals surface area contributed by atoms with Crippen LogP contribution in [-0.2, 0) is 20.3 Å². The van der Waals surface area contributed by atoms with Crippen LogP contribution < -0.4 is 0 Å². The average Bonchev–Trinajstić information content (AvgIpc) is 2.26. The maximum Gasteiger partial charge on any atom is 0.265 e. The second-order valence-corrected chi connectivity index (χ2v) is 7.23. The smallest absolute Gasteiger partial charge is 0.265 e. The van der Waals surface area contributed by atoms with Crippen molar-refractivity contribution in [2.45, 2.75) is 38.0 Å². The Morgan fingerprint density at radius 2 is 1.78 bits per heavy atom. The number of benzene rings is 1. The Morgan fingerprint density at radius 1 is 1.22 bits per heavy atom. The molecule has 0 saturated carbocycles. The van der Waals surface area contributed by atoms with Gasteiger partial charge in [-0.15, -0.1) is 0 Å². The third-order valence-electron chi connectivity index (χ3n) is 2.93. The van der Waals surface area contributed by atoms with Gasteiger partial charge in [-0.05, 0) is 29.5 Å². The molecule has 0 fully saturated rings. The van der Waals surface area contributed by atoms with Gasteiger partial charge in [0, 0.05) is 7.05 Å². The molecule has 102 valence electrons. The van der Waals surface area contributed by atoms with E-state index >= 15 is 0 Å². The van der Waals surface area contributed by atoms with Gasteiger partial charge in [-0.25, -0.2) is 8.42 Å². The summed E-state index contributed by atoms with van der Waals surface area (Å²) in [6.07, 6.45) is 0. The van der Waals surface area contributed by atoms with Crippen molar-refractivity contribution < 1.29 is 13.3 Å². The number of hydroxylamine groups is 1. The van der Waals surface area contributed by atoms with E-state index in [0.717, 1.165) is 10.0 Å². The third-order valence-corrected chi connectivity index (χ3v) is 4.75. The minimum absolute atomic E-state index is 0.0936. The molecule has 5 heteroatoms. The first-order valence-corrected chi connectivity index (χ1v) is 7.19. The van der Waals surface area contributed by atoms with Crippen molar-refractivity contribution in [3.8, 4) is 0 Å². The number of hydrogen-bond donors (Lipinski definition) is 0. The molecule has 4 nitrogen and oxygen atoms in total. The lowest BCUT2D eigenvalue weighted by Gasteiger charge is -2.22. The summed E-state index contributed by atoms with van der Waals surface area (Å²) in [6.45, 7) is 7.93. The van der Waals surface area contributed by atoms with E-state index < -0.39 is 10.0 Å². The fraction of sp³-hybridized carbons (Fsp3) is 0.538. The Labute approximate surface area is 110 Å². The molecule has 0 radical (unpaired) electrons. The molecule has 0 aliphatic heterocycles. The van der Waals surface area contributed by atoms with Gasteiger partial charge in [0.15, 0.2) is 0 Å². The Kier molecular flexibility index (Phi) is 4.20. The van der Waals surface area contributed by atoms with Gasteiger partial charge in [-0.3, -0.25) is 4.84 Å². The zero-order valence-corrected chi connectivity index (χ0v) is 12.6. The van der Waals surface area contributed by atoms with Gasteiger partial charge in [-0.1, -0.05) is 37.4 Å². The lowest BCUT2D eigenvalue weighted by Crippen LogP contribution is -2.27. The molecule has 0 aliphatic carbocycles. The molecule has 0 aromatic heterocycles. The van der Waals surface area contributed by atoms with E-state index in [4.69, 9.17) is 4.84 Å². The summed E-state index contributed by atoms with van der Waals surface area (Å²) in [5.41, 5.74) is 1.60. The van der Waals surface area contributed by atoms with E-state index in [9.17, 15) is 8.42 Å². The second-order valence-electron chi connectivity index (χ2n) is 5.33. The van der Waals surface area contributed by atoms with Crippen molar-refractivity contribution in [3.63, 3.8) is 0 Å². The molecule has 0 aliphatic rings. The molecule has 0 saturated heterocycles. The van der Waals surface area contributed by atoms with Gasteiger partial charge in [0.2, 0.25) is 0 Å². The Bertz CT molecular complexity index is 530. The highest BCUT2D eigenvalue weighted by atomic mass is 32.2. The van der Waals surface area contributed by atoms with Crippen molar-refractivity contribution in [2.24, 2.45) is 0 Å². The van der Waals surface area contributed by atoms with Gasteiger partial charge in [0.1, 0.15) is 0 Å². The van der Waals surface area contributed by atoms with Crippen LogP contribution in [0.25, 0.3) is 0 Å².